The van der Waals surface area contributed by atoms with Crippen LogP contribution in [0.25, 0.3) is 44.1 Å². The predicted octanol–water partition coefficient (Wildman–Crippen LogP) is 11.0. The molecule has 14 rings (SSSR count). The number of ketones is 1. The molecule has 8 aromatic rings. The average Bonchev–Trinajstić information content (AvgIpc) is 0.903. The fraction of sp³-hybridized carbons (Fsp3) is 0.357. The standard InChI is InChI=1S/C42H40F4N6O6.C26H27F4N5O2.C15H14N2O5.CH3F/c1-47-37-29-18-28(32(42(44,45)46)19-34(29)49-20-30(37)39(56)50-24-10-11-24)23-9-12-27(33(43)17-23)38(55)48-15-4-2-3-7-25(53)16-22-6-5-8-26-31(22)21-52(41(26)58)35-13-14-36(54)51-40(35)57;1-32-23-18-11-17(14-4-7-16(21(27)10-14)24(36)33-9-3-2-8-31)20(26(28,29)30)12-22(18)34-13-19(23)25(37)35-15-5-6-15;18-12-5-4-11(14(21)16-12)17-7-10-8(6-13(19)20)2-1-3-9(10)15(17)22;1-2/h5-6,8-9,12,17-20,24,35H,2-4,7,10-11,13-16,21H2,1H3,(H,47,49)(H,48,55)(H,50,56)(H,51,54,57);4,7,10-13,15H,2-3,5-6,8-9,31H2,1H3,(H,32,34)(H,33,36)(H,35,37);1-3,11H,4-7H2,(H,19,20)(H,16,18,21);1H3/i;;;1D. The lowest BCUT2D eigenvalue weighted by Gasteiger charge is -2.29. The van der Waals surface area contributed by atoms with Crippen LogP contribution in [0.3, 0.4) is 0 Å². The van der Waals surface area contributed by atoms with Crippen molar-refractivity contribution in [2.75, 3.05) is 51.5 Å². The van der Waals surface area contributed by atoms with Gasteiger partial charge in [0, 0.05) is 112 Å². The third kappa shape index (κ3) is 20.5. The van der Waals surface area contributed by atoms with Crippen LogP contribution in [0.4, 0.5) is 50.9 Å². The molecule has 4 aliphatic heterocycles. The molecule has 0 bridgehead atoms. The van der Waals surface area contributed by atoms with Gasteiger partial charge in [-0.25, -0.2) is 8.78 Å². The van der Waals surface area contributed by atoms with E-state index >= 15 is 4.39 Å². The lowest BCUT2D eigenvalue weighted by atomic mass is 9.94. The molecule has 2 saturated heterocycles. The maximum atomic E-state index is 15.4. The number of fused-ring (bicyclic) bond motifs is 4. The van der Waals surface area contributed by atoms with E-state index in [1.165, 1.54) is 53.5 Å². The summed E-state index contributed by atoms with van der Waals surface area (Å²) in [4.78, 5) is 158. The van der Waals surface area contributed by atoms with Crippen molar-refractivity contribution in [1.82, 2.24) is 51.7 Å². The second-order valence-corrected chi connectivity index (χ2v) is 29.1. The second kappa shape index (κ2) is 37.7. The first-order chi connectivity index (χ1) is 57.2. The molecule has 0 radical (unpaired) electrons. The van der Waals surface area contributed by atoms with Crippen LogP contribution < -0.4 is 48.3 Å². The van der Waals surface area contributed by atoms with Crippen LogP contribution in [0.1, 0.15) is 187 Å². The summed E-state index contributed by atoms with van der Waals surface area (Å²) < 4.78 is 131. The highest BCUT2D eigenvalue weighted by Crippen LogP contribution is 2.44. The Morgan fingerprint density at radius 1 is 0.538 bits per heavy atom. The Balaban J connectivity index is 0.000000192. The van der Waals surface area contributed by atoms with Crippen LogP contribution in [0.15, 0.2) is 109 Å². The van der Waals surface area contributed by atoms with E-state index in [4.69, 9.17) is 12.2 Å². The average molecular weight is 1660 g/mol. The maximum absolute atomic E-state index is 15.4. The molecule has 2 unspecified atom stereocenters. The van der Waals surface area contributed by atoms with Crippen molar-refractivity contribution in [1.29, 1.82) is 0 Å². The highest BCUT2D eigenvalue weighted by Gasteiger charge is 2.43. The van der Waals surface area contributed by atoms with Crippen molar-refractivity contribution in [3.05, 3.63) is 188 Å². The Bertz CT molecular complexity index is 5390. The van der Waals surface area contributed by atoms with E-state index in [9.17, 15) is 92.7 Å². The van der Waals surface area contributed by atoms with E-state index in [0.29, 0.717) is 90.7 Å². The van der Waals surface area contributed by atoms with Gasteiger partial charge in [0.25, 0.3) is 35.4 Å². The molecular weight excluding hydrogens is 1570 g/mol. The quantitative estimate of drug-likeness (QED) is 0.0137. The van der Waals surface area contributed by atoms with Crippen LogP contribution in [-0.4, -0.2) is 161 Å². The highest BCUT2D eigenvalue weighted by atomic mass is 19.4. The van der Waals surface area contributed by atoms with E-state index in [-0.39, 0.29) is 178 Å². The third-order valence-corrected chi connectivity index (χ3v) is 20.9. The summed E-state index contributed by atoms with van der Waals surface area (Å²) in [6.07, 6.45) is 0.196. The molecule has 4 fully saturated rings. The number of anilines is 2. The van der Waals surface area contributed by atoms with E-state index in [0.717, 1.165) is 62.1 Å². The number of aliphatic carboxylic acids is 1. The van der Waals surface area contributed by atoms with Crippen molar-refractivity contribution < 1.29 is 104 Å². The number of aromatic nitrogens is 2. The number of piperidine rings is 2. The van der Waals surface area contributed by atoms with Gasteiger partial charge in [-0.15, -0.1) is 0 Å². The molecule has 626 valence electrons. The van der Waals surface area contributed by atoms with Crippen molar-refractivity contribution in [3.8, 4) is 22.3 Å². The Morgan fingerprint density at radius 3 is 1.34 bits per heavy atom. The minimum absolute atomic E-state index is 0.0126. The zero-order valence-corrected chi connectivity index (χ0v) is 64.4. The molecule has 11 N–H and O–H groups in total. The number of rotatable bonds is 26. The van der Waals surface area contributed by atoms with Gasteiger partial charge >= 0.3 is 18.3 Å². The maximum Gasteiger partial charge on any atom is 0.417 e. The lowest BCUT2D eigenvalue weighted by Crippen LogP contribution is -2.52. The van der Waals surface area contributed by atoms with E-state index in [2.05, 4.69) is 52.5 Å². The van der Waals surface area contributed by atoms with Crippen LogP contribution in [0, 0.1) is 11.6 Å². The number of hydrogen-bond acceptors (Lipinski definition) is 17. The van der Waals surface area contributed by atoms with Crippen molar-refractivity contribution in [2.45, 2.75) is 152 Å². The molecule has 6 aliphatic rings. The zero-order valence-electron chi connectivity index (χ0n) is 65.4. The highest BCUT2D eigenvalue weighted by molar-refractivity contribution is 6.11. The number of imide groups is 2. The monoisotopic (exact) mass is 1650 g/mol. The number of nitrogens with one attached hydrogen (secondary N) is 8. The van der Waals surface area contributed by atoms with Gasteiger partial charge in [0.2, 0.25) is 23.6 Å². The SMILES string of the molecule is CNc1c(C(=O)NC2CC2)cnc2cc(C(F)(F)F)c(-c3ccc(C(=O)NCCCCCC(=O)Cc4cccc5c4CN(C4CCC(=O)NC4=O)C5=O)c(F)c3)cc12.CNc1c(C(=O)NC2CC2)cnc2cc(C(F)(F)F)c(-c3ccc(C(=O)NCCCCN)c(F)c3)cc12.O=C(O)Cc1cccc2c1CN(C1CCC(=O)NC1=O)C2=O.[2H]CF. The number of hydrogen-bond donors (Lipinski definition) is 10. The topological polar surface area (TPSA) is 380 Å². The summed E-state index contributed by atoms with van der Waals surface area (Å²) in [5.41, 5.74) is 6.31. The molecule has 6 heterocycles. The predicted molar refractivity (Wildman–Crippen MR) is 418 cm³/mol. The smallest absolute Gasteiger partial charge is 0.417 e. The lowest BCUT2D eigenvalue weighted by molar-refractivity contribution is -0.138. The molecule has 10 amide bonds. The minimum atomic E-state index is -4.83. The number of halogens is 9. The number of carbonyl (C=O) groups is 12. The molecule has 119 heavy (non-hydrogen) atoms. The molecule has 26 nitrogen and oxygen atoms in total. The van der Waals surface area contributed by atoms with Crippen molar-refractivity contribution in [3.63, 3.8) is 0 Å². The number of Topliss-reactive ketones (excluding diaryl/α,β-unsaturated/α-hetero) is 1. The summed E-state index contributed by atoms with van der Waals surface area (Å²) in [6, 6.07) is 19.5. The van der Waals surface area contributed by atoms with Crippen LogP contribution in [-0.2, 0) is 67.1 Å². The number of carboxylic acids is 1. The summed E-state index contributed by atoms with van der Waals surface area (Å²) in [7, 11) is 2.09. The number of amides is 10. The van der Waals surface area contributed by atoms with Crippen molar-refractivity contribution >= 4 is 104 Å². The van der Waals surface area contributed by atoms with Crippen LogP contribution in [0.2, 0.25) is 0 Å². The Kier molecular flexibility index (Phi) is 27.2. The molecule has 6 aromatic carbocycles. The number of alkyl halides is 7. The molecule has 2 aromatic heterocycles. The summed E-state index contributed by atoms with van der Waals surface area (Å²) >= 11 is 0. The number of pyridine rings is 2. The van der Waals surface area contributed by atoms with Crippen LogP contribution in [0.5, 0.6) is 0 Å². The summed E-state index contributed by atoms with van der Waals surface area (Å²) in [5, 5.41) is 30.7. The summed E-state index contributed by atoms with van der Waals surface area (Å²) in [5.74, 6) is -7.51. The number of benzene rings is 6. The van der Waals surface area contributed by atoms with Gasteiger partial charge in [-0.05, 0) is 176 Å². The van der Waals surface area contributed by atoms with Crippen LogP contribution >= 0.6 is 0 Å². The molecule has 0 spiro atoms. The van der Waals surface area contributed by atoms with Crippen molar-refractivity contribution in [2.24, 2.45) is 5.73 Å². The molecule has 2 saturated carbocycles. The molecular formula is C84H84F9N13O13. The Hall–Kier alpha value is -12.7. The van der Waals surface area contributed by atoms with E-state index < -0.39 is 89.9 Å². The first kappa shape index (κ1) is 85.7. The molecule has 2 atom stereocenters. The molecule has 35 heteroatoms. The normalized spacial score (nSPS) is 16.3. The Labute approximate surface area is 676 Å². The first-order valence-electron chi connectivity index (χ1n) is 39.0. The van der Waals surface area contributed by atoms with Gasteiger partial charge in [0.1, 0.15) is 29.5 Å². The largest absolute Gasteiger partial charge is 0.481 e. The van der Waals surface area contributed by atoms with Gasteiger partial charge < -0.3 is 52.5 Å². The number of carbonyl (C=O) groups excluding carboxylic acids is 11. The van der Waals surface area contributed by atoms with E-state index in [1.807, 2.05) is 0 Å². The zero-order chi connectivity index (χ0) is 86.6. The Morgan fingerprint density at radius 2 is 0.958 bits per heavy atom. The fourth-order valence-corrected chi connectivity index (χ4v) is 14.6. The summed E-state index contributed by atoms with van der Waals surface area (Å²) in [6.45, 7) is 1.30. The van der Waals surface area contributed by atoms with Gasteiger partial charge in [-0.3, -0.25) is 82.5 Å². The molecule has 2 aliphatic carbocycles. The number of unbranched alkanes of at least 4 members (excludes halogenated alkanes) is 3. The number of nitrogens with two attached hydrogens (primary N) is 1. The van der Waals surface area contributed by atoms with Gasteiger partial charge in [-0.2, -0.15) is 26.3 Å². The number of carboxylic acid groups (broad SMARTS) is 1. The minimum Gasteiger partial charge on any atom is -0.481 e. The third-order valence-electron chi connectivity index (χ3n) is 20.9. The fourth-order valence-electron chi connectivity index (χ4n) is 14.6. The first-order valence-corrected chi connectivity index (χ1v) is 38.3. The van der Waals surface area contributed by atoms with Gasteiger partial charge in [-0.1, -0.05) is 42.8 Å². The second-order valence-electron chi connectivity index (χ2n) is 29.1. The number of nitrogens with zero attached hydrogens (tertiary/aromatic N) is 4. The van der Waals surface area contributed by atoms with Gasteiger partial charge in [0.15, 0.2) is 0 Å². The van der Waals surface area contributed by atoms with Gasteiger partial charge in [0.05, 0.1) is 70.7 Å². The van der Waals surface area contributed by atoms with E-state index in [1.54, 1.807) is 43.4 Å².